The summed E-state index contributed by atoms with van der Waals surface area (Å²) in [6.07, 6.45) is 0. The number of hydrogen-bond donors (Lipinski definition) is 3. The molecule has 3 N–H and O–H groups in total. The molecule has 0 aliphatic carbocycles. The van der Waals surface area contributed by atoms with Gasteiger partial charge in [-0.25, -0.2) is 0 Å². The number of nitro groups is 1. The summed E-state index contributed by atoms with van der Waals surface area (Å²) in [6, 6.07) is 9.94. The van der Waals surface area contributed by atoms with Crippen LogP contribution < -0.4 is 10.2 Å². The minimum absolute atomic E-state index is 0.0202. The molecule has 4 rings (SSSR count). The lowest BCUT2D eigenvalue weighted by Crippen LogP contribution is -2.56. The number of hydrogen-bond acceptors (Lipinski definition) is 8. The predicted molar refractivity (Wildman–Crippen MR) is 114 cm³/mol. The summed E-state index contributed by atoms with van der Waals surface area (Å²) in [5, 5.41) is 33.4. The number of aromatic nitrogens is 3. The van der Waals surface area contributed by atoms with Crippen LogP contribution in [0.4, 0.5) is 11.4 Å². The number of nitrogens with one attached hydrogen (secondary N) is 2. The number of non-ortho nitro benzene ring substituents is 1. The number of nitro benzene ring substituents is 1. The lowest BCUT2D eigenvalue weighted by Gasteiger charge is -2.37. The van der Waals surface area contributed by atoms with Crippen LogP contribution in [0.25, 0.3) is 11.0 Å². The Morgan fingerprint density at radius 3 is 2.44 bits per heavy atom. The number of amides is 2. The Morgan fingerprint density at radius 1 is 1.09 bits per heavy atom. The van der Waals surface area contributed by atoms with Gasteiger partial charge in [-0.1, -0.05) is 0 Å². The fourth-order valence-corrected chi connectivity index (χ4v) is 3.60. The average Bonchev–Trinajstić information content (AvgIpc) is 3.30. The first-order valence-electron chi connectivity index (χ1n) is 9.96. The van der Waals surface area contributed by atoms with Gasteiger partial charge in [-0.05, 0) is 30.3 Å². The van der Waals surface area contributed by atoms with Gasteiger partial charge in [-0.3, -0.25) is 19.7 Å². The van der Waals surface area contributed by atoms with Crippen molar-refractivity contribution in [1.82, 2.24) is 25.6 Å². The Bertz CT molecular complexity index is 1140. The van der Waals surface area contributed by atoms with Gasteiger partial charge in [0.25, 0.3) is 11.6 Å². The molecule has 2 aromatic carbocycles. The fourth-order valence-electron chi connectivity index (χ4n) is 3.60. The summed E-state index contributed by atoms with van der Waals surface area (Å²) < 4.78 is 0. The lowest BCUT2D eigenvalue weighted by molar-refractivity contribution is -0.384. The first kappa shape index (κ1) is 21.2. The van der Waals surface area contributed by atoms with Crippen molar-refractivity contribution in [3.8, 4) is 0 Å². The minimum Gasteiger partial charge on any atom is -0.394 e. The van der Waals surface area contributed by atoms with Crippen LogP contribution in [0.3, 0.4) is 0 Å². The highest BCUT2D eigenvalue weighted by atomic mass is 16.6. The molecular weight excluding hydrogens is 418 g/mol. The molecule has 0 bridgehead atoms. The van der Waals surface area contributed by atoms with Crippen molar-refractivity contribution in [3.63, 3.8) is 0 Å². The Morgan fingerprint density at radius 2 is 1.78 bits per heavy atom. The molecule has 0 spiro atoms. The molecular formula is C20H21N7O5. The van der Waals surface area contributed by atoms with E-state index in [-0.39, 0.29) is 11.6 Å². The topological polar surface area (TPSA) is 158 Å². The van der Waals surface area contributed by atoms with Crippen LogP contribution in [0.1, 0.15) is 10.4 Å². The smallest absolute Gasteiger partial charge is 0.269 e. The number of carbonyl (C=O) groups excluding carboxylic acids is 2. The van der Waals surface area contributed by atoms with Crippen LogP contribution in [0.5, 0.6) is 0 Å². The van der Waals surface area contributed by atoms with Crippen molar-refractivity contribution in [2.45, 2.75) is 6.04 Å². The van der Waals surface area contributed by atoms with E-state index >= 15 is 0 Å². The molecule has 2 amide bonds. The molecule has 1 aromatic heterocycles. The molecule has 1 fully saturated rings. The van der Waals surface area contributed by atoms with E-state index in [9.17, 15) is 24.8 Å². The van der Waals surface area contributed by atoms with Crippen molar-refractivity contribution in [2.75, 3.05) is 37.7 Å². The molecule has 12 heteroatoms. The van der Waals surface area contributed by atoms with Crippen molar-refractivity contribution in [3.05, 3.63) is 58.1 Å². The molecule has 1 saturated heterocycles. The molecule has 1 aliphatic heterocycles. The molecule has 1 atom stereocenters. The number of carbonyl (C=O) groups is 2. The predicted octanol–water partition coefficient (Wildman–Crippen LogP) is 0.306. The van der Waals surface area contributed by atoms with Crippen LogP contribution in [0.15, 0.2) is 42.5 Å². The summed E-state index contributed by atoms with van der Waals surface area (Å²) in [5.41, 5.74) is 2.29. The van der Waals surface area contributed by atoms with Crippen molar-refractivity contribution < 1.29 is 19.6 Å². The number of benzene rings is 2. The van der Waals surface area contributed by atoms with Gasteiger partial charge in [0, 0.05) is 49.6 Å². The molecule has 2 heterocycles. The van der Waals surface area contributed by atoms with Crippen molar-refractivity contribution in [2.24, 2.45) is 0 Å². The highest BCUT2D eigenvalue weighted by Crippen LogP contribution is 2.21. The van der Waals surface area contributed by atoms with E-state index in [4.69, 9.17) is 0 Å². The number of fused-ring (bicyclic) bond motifs is 1. The van der Waals surface area contributed by atoms with Crippen molar-refractivity contribution in [1.29, 1.82) is 0 Å². The molecule has 0 radical (unpaired) electrons. The second-order valence-corrected chi connectivity index (χ2v) is 7.32. The minimum atomic E-state index is -1.07. The molecule has 1 unspecified atom stereocenters. The fraction of sp³-hybridized carbons (Fsp3) is 0.300. The van der Waals surface area contributed by atoms with E-state index in [0.717, 1.165) is 5.69 Å². The normalized spacial score (nSPS) is 14.9. The standard InChI is InChI=1S/C20H21N7O5/c28-12-18(21-19(29)13-1-6-16-17(11-13)23-24-22-16)20(30)26-9-7-25(8-10-26)14-2-4-15(5-3-14)27(31)32/h1-6,11,18,28H,7-10,12H2,(H,21,29)(H,22,23,24). The SMILES string of the molecule is O=C(NC(CO)C(=O)N1CCN(c2ccc([N+](=O)[O-])cc2)CC1)c1ccc2n[nH]nc2c1. The Hall–Kier alpha value is -4.06. The first-order chi connectivity index (χ1) is 15.5. The highest BCUT2D eigenvalue weighted by molar-refractivity contribution is 5.99. The monoisotopic (exact) mass is 439 g/mol. The largest absolute Gasteiger partial charge is 0.394 e. The van der Waals surface area contributed by atoms with E-state index in [1.807, 2.05) is 4.90 Å². The van der Waals surface area contributed by atoms with E-state index in [0.29, 0.717) is 42.8 Å². The van der Waals surface area contributed by atoms with E-state index < -0.39 is 23.5 Å². The zero-order valence-electron chi connectivity index (χ0n) is 17.0. The number of piperazine rings is 1. The number of rotatable bonds is 6. The number of aromatic amines is 1. The highest BCUT2D eigenvalue weighted by Gasteiger charge is 2.29. The second-order valence-electron chi connectivity index (χ2n) is 7.32. The van der Waals surface area contributed by atoms with Crippen LogP contribution >= 0.6 is 0 Å². The van der Waals surface area contributed by atoms with E-state index in [2.05, 4.69) is 20.7 Å². The Balaban J connectivity index is 1.35. The summed E-state index contributed by atoms with van der Waals surface area (Å²) in [7, 11) is 0. The zero-order chi connectivity index (χ0) is 22.7. The third-order valence-electron chi connectivity index (χ3n) is 5.38. The molecule has 166 valence electrons. The lowest BCUT2D eigenvalue weighted by atomic mass is 10.1. The van der Waals surface area contributed by atoms with Gasteiger partial charge in [0.15, 0.2) is 0 Å². The van der Waals surface area contributed by atoms with Crippen molar-refractivity contribution >= 4 is 34.2 Å². The third kappa shape index (κ3) is 4.34. The van der Waals surface area contributed by atoms with Crippen LogP contribution in [-0.4, -0.2) is 81.0 Å². The van der Waals surface area contributed by atoms with Crippen LogP contribution in [0, 0.1) is 10.1 Å². The van der Waals surface area contributed by atoms with Gasteiger partial charge in [0.1, 0.15) is 17.1 Å². The van der Waals surface area contributed by atoms with E-state index in [1.165, 1.54) is 12.1 Å². The second kappa shape index (κ2) is 8.98. The van der Waals surface area contributed by atoms with Gasteiger partial charge in [-0.2, -0.15) is 15.4 Å². The number of aliphatic hydroxyl groups is 1. The quantitative estimate of drug-likeness (QED) is 0.366. The summed E-state index contributed by atoms with van der Waals surface area (Å²) >= 11 is 0. The number of anilines is 1. The molecule has 3 aromatic rings. The third-order valence-corrected chi connectivity index (χ3v) is 5.38. The molecule has 1 aliphatic rings. The van der Waals surface area contributed by atoms with Gasteiger partial charge in [0.05, 0.1) is 11.5 Å². The van der Waals surface area contributed by atoms with Gasteiger partial charge in [-0.15, -0.1) is 0 Å². The number of nitrogens with zero attached hydrogens (tertiary/aromatic N) is 5. The number of H-pyrrole nitrogens is 1. The summed E-state index contributed by atoms with van der Waals surface area (Å²) in [6.45, 7) is 1.32. The maximum absolute atomic E-state index is 12.9. The maximum atomic E-state index is 12.9. The number of aliphatic hydroxyl groups excluding tert-OH is 1. The maximum Gasteiger partial charge on any atom is 0.269 e. The molecule has 12 nitrogen and oxygen atoms in total. The summed E-state index contributed by atoms with van der Waals surface area (Å²) in [5.74, 6) is -0.862. The molecule has 0 saturated carbocycles. The summed E-state index contributed by atoms with van der Waals surface area (Å²) in [4.78, 5) is 39.4. The first-order valence-corrected chi connectivity index (χ1v) is 9.96. The molecule has 32 heavy (non-hydrogen) atoms. The Kier molecular flexibility index (Phi) is 5.94. The van der Waals surface area contributed by atoms with Gasteiger partial charge in [0.2, 0.25) is 5.91 Å². The van der Waals surface area contributed by atoms with Gasteiger partial charge >= 0.3 is 0 Å². The van der Waals surface area contributed by atoms with Gasteiger partial charge < -0.3 is 20.2 Å². The van der Waals surface area contributed by atoms with E-state index in [1.54, 1.807) is 35.2 Å². The zero-order valence-corrected chi connectivity index (χ0v) is 17.0. The Labute approximate surface area is 182 Å². The average molecular weight is 439 g/mol. The van der Waals surface area contributed by atoms with Crippen LogP contribution in [-0.2, 0) is 4.79 Å². The van der Waals surface area contributed by atoms with Crippen LogP contribution in [0.2, 0.25) is 0 Å².